The number of hydrogen-bond acceptors (Lipinski definition) is 3. The van der Waals surface area contributed by atoms with E-state index in [0.717, 1.165) is 24.4 Å². The highest BCUT2D eigenvalue weighted by molar-refractivity contribution is 5.65. The normalized spacial score (nSPS) is 15.3. The SMILES string of the molecule is OCc1ccc(-c2cccc(N3CCCC3)c2)o1. The monoisotopic (exact) mass is 243 g/mol. The summed E-state index contributed by atoms with van der Waals surface area (Å²) in [5, 5.41) is 9.02. The second-order valence-corrected chi connectivity index (χ2v) is 4.67. The third-order valence-electron chi connectivity index (χ3n) is 3.42. The van der Waals surface area contributed by atoms with E-state index in [9.17, 15) is 0 Å². The molecule has 0 aliphatic carbocycles. The Morgan fingerprint density at radius 3 is 2.67 bits per heavy atom. The van der Waals surface area contributed by atoms with Crippen LogP contribution >= 0.6 is 0 Å². The van der Waals surface area contributed by atoms with Gasteiger partial charge in [0.05, 0.1) is 0 Å². The average molecular weight is 243 g/mol. The van der Waals surface area contributed by atoms with Crippen molar-refractivity contribution in [1.82, 2.24) is 0 Å². The van der Waals surface area contributed by atoms with Crippen molar-refractivity contribution in [3.05, 3.63) is 42.2 Å². The molecular weight excluding hydrogens is 226 g/mol. The van der Waals surface area contributed by atoms with Crippen LogP contribution < -0.4 is 4.90 Å². The van der Waals surface area contributed by atoms with Crippen molar-refractivity contribution in [2.75, 3.05) is 18.0 Å². The standard InChI is InChI=1S/C15H17NO2/c17-11-14-6-7-15(18-14)12-4-3-5-13(10-12)16-8-1-2-9-16/h3-7,10,17H,1-2,8-9,11H2. The van der Waals surface area contributed by atoms with E-state index in [1.807, 2.05) is 18.2 Å². The Morgan fingerprint density at radius 1 is 1.11 bits per heavy atom. The largest absolute Gasteiger partial charge is 0.459 e. The minimum atomic E-state index is -0.0498. The molecule has 18 heavy (non-hydrogen) atoms. The second kappa shape index (κ2) is 4.86. The lowest BCUT2D eigenvalue weighted by molar-refractivity contribution is 0.248. The van der Waals surface area contributed by atoms with Gasteiger partial charge in [0.15, 0.2) is 0 Å². The number of aliphatic hydroxyl groups excluding tert-OH is 1. The number of anilines is 1. The van der Waals surface area contributed by atoms with Gasteiger partial charge in [-0.25, -0.2) is 0 Å². The highest BCUT2D eigenvalue weighted by Gasteiger charge is 2.13. The van der Waals surface area contributed by atoms with Crippen molar-refractivity contribution < 1.29 is 9.52 Å². The van der Waals surface area contributed by atoms with Crippen molar-refractivity contribution in [3.63, 3.8) is 0 Å². The molecule has 0 saturated carbocycles. The number of aliphatic hydroxyl groups is 1. The van der Waals surface area contributed by atoms with Crippen LogP contribution in [0.3, 0.4) is 0 Å². The average Bonchev–Trinajstić information content (AvgIpc) is 3.10. The van der Waals surface area contributed by atoms with Gasteiger partial charge in [0, 0.05) is 24.3 Å². The molecule has 1 aromatic carbocycles. The van der Waals surface area contributed by atoms with Gasteiger partial charge in [-0.05, 0) is 37.1 Å². The van der Waals surface area contributed by atoms with Crippen molar-refractivity contribution in [1.29, 1.82) is 0 Å². The molecule has 0 amide bonds. The van der Waals surface area contributed by atoms with E-state index in [1.165, 1.54) is 18.5 Å². The third-order valence-corrected chi connectivity index (χ3v) is 3.42. The van der Waals surface area contributed by atoms with E-state index in [2.05, 4.69) is 23.1 Å². The minimum absolute atomic E-state index is 0.0498. The fraction of sp³-hybridized carbons (Fsp3) is 0.333. The zero-order valence-electron chi connectivity index (χ0n) is 10.3. The van der Waals surface area contributed by atoms with Crippen LogP contribution in [-0.4, -0.2) is 18.2 Å². The van der Waals surface area contributed by atoms with Crippen LogP contribution in [0.5, 0.6) is 0 Å². The lowest BCUT2D eigenvalue weighted by atomic mass is 10.1. The maximum absolute atomic E-state index is 9.02. The van der Waals surface area contributed by atoms with E-state index in [1.54, 1.807) is 0 Å². The van der Waals surface area contributed by atoms with E-state index < -0.39 is 0 Å². The maximum atomic E-state index is 9.02. The van der Waals surface area contributed by atoms with Crippen LogP contribution in [0.4, 0.5) is 5.69 Å². The topological polar surface area (TPSA) is 36.6 Å². The summed E-state index contributed by atoms with van der Waals surface area (Å²) >= 11 is 0. The van der Waals surface area contributed by atoms with Gasteiger partial charge < -0.3 is 14.4 Å². The third kappa shape index (κ3) is 2.14. The molecule has 1 aliphatic heterocycles. The zero-order chi connectivity index (χ0) is 12.4. The van der Waals surface area contributed by atoms with Crippen LogP contribution in [0.25, 0.3) is 11.3 Å². The van der Waals surface area contributed by atoms with Crippen molar-refractivity contribution >= 4 is 5.69 Å². The first-order valence-corrected chi connectivity index (χ1v) is 6.42. The summed E-state index contributed by atoms with van der Waals surface area (Å²) in [4.78, 5) is 2.40. The Hall–Kier alpha value is -1.74. The van der Waals surface area contributed by atoms with Gasteiger partial charge in [-0.2, -0.15) is 0 Å². The van der Waals surface area contributed by atoms with Gasteiger partial charge >= 0.3 is 0 Å². The molecule has 0 radical (unpaired) electrons. The summed E-state index contributed by atoms with van der Waals surface area (Å²) in [5.41, 5.74) is 2.33. The highest BCUT2D eigenvalue weighted by atomic mass is 16.4. The lowest BCUT2D eigenvalue weighted by Gasteiger charge is -2.17. The molecule has 1 N–H and O–H groups in total. The predicted molar refractivity (Wildman–Crippen MR) is 71.5 cm³/mol. The van der Waals surface area contributed by atoms with Gasteiger partial charge in [0.1, 0.15) is 18.1 Å². The Bertz CT molecular complexity index is 527. The minimum Gasteiger partial charge on any atom is -0.459 e. The molecule has 94 valence electrons. The summed E-state index contributed by atoms with van der Waals surface area (Å²) in [7, 11) is 0. The summed E-state index contributed by atoms with van der Waals surface area (Å²) in [6, 6.07) is 12.1. The van der Waals surface area contributed by atoms with Crippen LogP contribution in [0.15, 0.2) is 40.8 Å². The molecular formula is C15H17NO2. The van der Waals surface area contributed by atoms with Gasteiger partial charge in [-0.3, -0.25) is 0 Å². The molecule has 2 heterocycles. The summed E-state index contributed by atoms with van der Waals surface area (Å²) in [5.74, 6) is 1.43. The highest BCUT2D eigenvalue weighted by Crippen LogP contribution is 2.28. The first kappa shape index (κ1) is 11.4. The van der Waals surface area contributed by atoms with Gasteiger partial charge in [-0.1, -0.05) is 12.1 Å². The molecule has 1 aromatic heterocycles. The molecule has 1 fully saturated rings. The number of rotatable bonds is 3. The molecule has 3 nitrogen and oxygen atoms in total. The Labute approximate surface area is 107 Å². The van der Waals surface area contributed by atoms with Crippen molar-refractivity contribution in [3.8, 4) is 11.3 Å². The fourth-order valence-corrected chi connectivity index (χ4v) is 2.45. The first-order valence-electron chi connectivity index (χ1n) is 6.42. The molecule has 0 unspecified atom stereocenters. The molecule has 0 bridgehead atoms. The first-order chi connectivity index (χ1) is 8.86. The van der Waals surface area contributed by atoms with Crippen molar-refractivity contribution in [2.45, 2.75) is 19.4 Å². The molecule has 3 heteroatoms. The van der Waals surface area contributed by atoms with E-state index in [0.29, 0.717) is 5.76 Å². The van der Waals surface area contributed by atoms with E-state index in [4.69, 9.17) is 9.52 Å². The quantitative estimate of drug-likeness (QED) is 0.900. The van der Waals surface area contributed by atoms with Crippen LogP contribution in [-0.2, 0) is 6.61 Å². The Kier molecular flexibility index (Phi) is 3.07. The molecule has 0 spiro atoms. The lowest BCUT2D eigenvalue weighted by Crippen LogP contribution is -2.17. The van der Waals surface area contributed by atoms with Crippen molar-refractivity contribution in [2.24, 2.45) is 0 Å². The Morgan fingerprint density at radius 2 is 1.94 bits per heavy atom. The summed E-state index contributed by atoms with van der Waals surface area (Å²) in [6.07, 6.45) is 2.55. The Balaban J connectivity index is 1.90. The van der Waals surface area contributed by atoms with E-state index >= 15 is 0 Å². The van der Waals surface area contributed by atoms with Gasteiger partial charge in [0.25, 0.3) is 0 Å². The predicted octanol–water partition coefficient (Wildman–Crippen LogP) is 3.04. The van der Waals surface area contributed by atoms with E-state index in [-0.39, 0.29) is 6.61 Å². The number of nitrogens with zero attached hydrogens (tertiary/aromatic N) is 1. The molecule has 1 saturated heterocycles. The zero-order valence-corrected chi connectivity index (χ0v) is 10.3. The van der Waals surface area contributed by atoms with Gasteiger partial charge in [0.2, 0.25) is 0 Å². The smallest absolute Gasteiger partial charge is 0.134 e. The number of hydrogen-bond donors (Lipinski definition) is 1. The molecule has 0 atom stereocenters. The molecule has 2 aromatic rings. The number of furan rings is 1. The molecule has 3 rings (SSSR count). The summed E-state index contributed by atoms with van der Waals surface area (Å²) in [6.45, 7) is 2.23. The number of benzene rings is 1. The summed E-state index contributed by atoms with van der Waals surface area (Å²) < 4.78 is 5.57. The van der Waals surface area contributed by atoms with Crippen LogP contribution in [0.1, 0.15) is 18.6 Å². The van der Waals surface area contributed by atoms with Gasteiger partial charge in [-0.15, -0.1) is 0 Å². The molecule has 1 aliphatic rings. The fourth-order valence-electron chi connectivity index (χ4n) is 2.45. The second-order valence-electron chi connectivity index (χ2n) is 4.67. The maximum Gasteiger partial charge on any atom is 0.134 e. The van der Waals surface area contributed by atoms with Crippen LogP contribution in [0.2, 0.25) is 0 Å². The van der Waals surface area contributed by atoms with Crippen LogP contribution in [0, 0.1) is 0 Å².